The Labute approximate surface area is 199 Å². The standard InChI is InChI=1S/C24H44O9/c1-5-7-8-22(6-2)24(26)33-20-18-31-16-14-29-12-10-27-9-11-28-13-15-30-17-19-32-23(25)21(3)4/h22H,3,5-20H2,1-2,4H3. The van der Waals surface area contributed by atoms with Gasteiger partial charge in [-0.3, -0.25) is 4.79 Å². The Kier molecular flexibility index (Phi) is 22.5. The summed E-state index contributed by atoms with van der Waals surface area (Å²) < 4.78 is 37.0. The highest BCUT2D eigenvalue weighted by Gasteiger charge is 2.16. The highest BCUT2D eigenvalue weighted by atomic mass is 16.6. The van der Waals surface area contributed by atoms with Crippen LogP contribution in [-0.2, 0) is 42.7 Å². The number of rotatable bonds is 24. The Balaban J connectivity index is 3.26. The van der Waals surface area contributed by atoms with Gasteiger partial charge in [0.1, 0.15) is 13.2 Å². The molecule has 0 aromatic rings. The maximum absolute atomic E-state index is 11.9. The average molecular weight is 477 g/mol. The van der Waals surface area contributed by atoms with Crippen LogP contribution in [0.4, 0.5) is 0 Å². The number of carbonyl (C=O) groups is 2. The molecule has 33 heavy (non-hydrogen) atoms. The van der Waals surface area contributed by atoms with Crippen LogP contribution >= 0.6 is 0 Å². The lowest BCUT2D eigenvalue weighted by Crippen LogP contribution is -2.20. The first kappa shape index (κ1) is 31.5. The minimum atomic E-state index is -0.413. The molecule has 1 unspecified atom stereocenters. The second-order valence-corrected chi connectivity index (χ2v) is 7.39. The average Bonchev–Trinajstić information content (AvgIpc) is 2.80. The minimum absolute atomic E-state index is 0.00275. The molecule has 0 spiro atoms. The van der Waals surface area contributed by atoms with Crippen LogP contribution in [0, 0.1) is 5.92 Å². The molecule has 0 bridgehead atoms. The first-order valence-electron chi connectivity index (χ1n) is 11.9. The molecular weight excluding hydrogens is 432 g/mol. The summed E-state index contributed by atoms with van der Waals surface area (Å²) in [7, 11) is 0. The van der Waals surface area contributed by atoms with Gasteiger partial charge < -0.3 is 33.2 Å². The molecule has 0 aliphatic rings. The molecule has 0 aromatic heterocycles. The first-order chi connectivity index (χ1) is 16.0. The summed E-state index contributed by atoms with van der Waals surface area (Å²) >= 11 is 0. The van der Waals surface area contributed by atoms with Crippen molar-refractivity contribution in [3.63, 3.8) is 0 Å². The number of unbranched alkanes of at least 4 members (excludes halogenated alkanes) is 1. The van der Waals surface area contributed by atoms with Crippen LogP contribution < -0.4 is 0 Å². The summed E-state index contributed by atoms with van der Waals surface area (Å²) in [6.07, 6.45) is 3.83. The van der Waals surface area contributed by atoms with Gasteiger partial charge in [-0.05, 0) is 19.8 Å². The first-order valence-corrected chi connectivity index (χ1v) is 11.9. The maximum Gasteiger partial charge on any atom is 0.333 e. The van der Waals surface area contributed by atoms with Gasteiger partial charge in [0.05, 0.1) is 72.0 Å². The summed E-state index contributed by atoms with van der Waals surface area (Å²) in [4.78, 5) is 23.1. The fourth-order valence-corrected chi connectivity index (χ4v) is 2.56. The van der Waals surface area contributed by atoms with Crippen LogP contribution in [0.1, 0.15) is 46.5 Å². The predicted molar refractivity (Wildman–Crippen MR) is 124 cm³/mol. The normalized spacial score (nSPS) is 11.8. The van der Waals surface area contributed by atoms with E-state index in [0.29, 0.717) is 71.6 Å². The van der Waals surface area contributed by atoms with Gasteiger partial charge in [0.25, 0.3) is 0 Å². The quantitative estimate of drug-likeness (QED) is 0.118. The van der Waals surface area contributed by atoms with E-state index in [0.717, 1.165) is 25.7 Å². The second kappa shape index (κ2) is 23.6. The van der Waals surface area contributed by atoms with Crippen molar-refractivity contribution in [1.29, 1.82) is 0 Å². The molecule has 0 fully saturated rings. The van der Waals surface area contributed by atoms with E-state index in [1.807, 2.05) is 6.92 Å². The topological polar surface area (TPSA) is 98.8 Å². The zero-order valence-corrected chi connectivity index (χ0v) is 20.8. The van der Waals surface area contributed by atoms with Crippen molar-refractivity contribution in [3.8, 4) is 0 Å². The number of hydrogen-bond donors (Lipinski definition) is 0. The fraction of sp³-hybridized carbons (Fsp3) is 0.833. The van der Waals surface area contributed by atoms with Gasteiger partial charge in [-0.2, -0.15) is 0 Å². The van der Waals surface area contributed by atoms with Crippen molar-refractivity contribution in [2.24, 2.45) is 5.92 Å². The largest absolute Gasteiger partial charge is 0.463 e. The SMILES string of the molecule is C=C(C)C(=O)OCCOCCOCCOCCOCCOCCOC(=O)C(CC)CCCC. The van der Waals surface area contributed by atoms with E-state index < -0.39 is 5.97 Å². The molecule has 194 valence electrons. The van der Waals surface area contributed by atoms with Gasteiger partial charge >= 0.3 is 11.9 Å². The Morgan fingerprint density at radius 2 is 1.06 bits per heavy atom. The van der Waals surface area contributed by atoms with Gasteiger partial charge in [-0.25, -0.2) is 4.79 Å². The molecule has 0 rings (SSSR count). The van der Waals surface area contributed by atoms with Gasteiger partial charge in [0.2, 0.25) is 0 Å². The third-order valence-corrected chi connectivity index (χ3v) is 4.50. The lowest BCUT2D eigenvalue weighted by Gasteiger charge is -2.13. The monoisotopic (exact) mass is 476 g/mol. The van der Waals surface area contributed by atoms with Crippen LogP contribution in [0.15, 0.2) is 12.2 Å². The molecule has 0 amide bonds. The third kappa shape index (κ3) is 20.8. The van der Waals surface area contributed by atoms with Crippen LogP contribution in [0.3, 0.4) is 0 Å². The van der Waals surface area contributed by atoms with Crippen molar-refractivity contribution in [2.45, 2.75) is 46.5 Å². The molecule has 9 heteroatoms. The lowest BCUT2D eigenvalue weighted by atomic mass is 10.00. The van der Waals surface area contributed by atoms with E-state index in [1.54, 1.807) is 6.92 Å². The van der Waals surface area contributed by atoms with Crippen molar-refractivity contribution in [3.05, 3.63) is 12.2 Å². The molecule has 0 aromatic carbocycles. The maximum atomic E-state index is 11.9. The van der Waals surface area contributed by atoms with Gasteiger partial charge in [-0.15, -0.1) is 0 Å². The zero-order valence-electron chi connectivity index (χ0n) is 20.8. The van der Waals surface area contributed by atoms with E-state index >= 15 is 0 Å². The minimum Gasteiger partial charge on any atom is -0.463 e. The van der Waals surface area contributed by atoms with E-state index in [9.17, 15) is 9.59 Å². The predicted octanol–water partition coefficient (Wildman–Crippen LogP) is 2.95. The molecule has 0 aliphatic carbocycles. The summed E-state index contributed by atoms with van der Waals surface area (Å²) in [5.74, 6) is -0.539. The third-order valence-electron chi connectivity index (χ3n) is 4.50. The van der Waals surface area contributed by atoms with E-state index in [2.05, 4.69) is 13.5 Å². The van der Waals surface area contributed by atoms with Gasteiger partial charge in [0.15, 0.2) is 0 Å². The summed E-state index contributed by atoms with van der Waals surface area (Å²) in [6, 6.07) is 0. The number of esters is 2. The smallest absolute Gasteiger partial charge is 0.333 e. The van der Waals surface area contributed by atoms with E-state index in [4.69, 9.17) is 33.2 Å². The molecule has 0 aliphatic heterocycles. The van der Waals surface area contributed by atoms with Crippen molar-refractivity contribution in [2.75, 3.05) is 79.3 Å². The molecule has 0 heterocycles. The molecular formula is C24H44O9. The van der Waals surface area contributed by atoms with Crippen molar-refractivity contribution in [1.82, 2.24) is 0 Å². The van der Waals surface area contributed by atoms with Gasteiger partial charge in [0, 0.05) is 5.57 Å². The number of carbonyl (C=O) groups excluding carboxylic acids is 2. The molecule has 0 saturated heterocycles. The Morgan fingerprint density at radius 3 is 1.42 bits per heavy atom. The highest BCUT2D eigenvalue weighted by Crippen LogP contribution is 2.14. The van der Waals surface area contributed by atoms with E-state index in [-0.39, 0.29) is 25.1 Å². The Hall–Kier alpha value is -1.52. The van der Waals surface area contributed by atoms with E-state index in [1.165, 1.54) is 0 Å². The molecule has 0 radical (unpaired) electrons. The number of ether oxygens (including phenoxy) is 7. The molecule has 9 nitrogen and oxygen atoms in total. The molecule has 1 atom stereocenters. The summed E-state index contributed by atoms with van der Waals surface area (Å²) in [6.45, 7) is 14.0. The van der Waals surface area contributed by atoms with Gasteiger partial charge in [-0.1, -0.05) is 33.3 Å². The second-order valence-electron chi connectivity index (χ2n) is 7.39. The van der Waals surface area contributed by atoms with Crippen molar-refractivity contribution < 1.29 is 42.7 Å². The van der Waals surface area contributed by atoms with Crippen LogP contribution in [0.5, 0.6) is 0 Å². The summed E-state index contributed by atoms with van der Waals surface area (Å²) in [5, 5.41) is 0. The highest BCUT2D eigenvalue weighted by molar-refractivity contribution is 5.86. The van der Waals surface area contributed by atoms with Crippen LogP contribution in [0.25, 0.3) is 0 Å². The Morgan fingerprint density at radius 1 is 0.667 bits per heavy atom. The lowest BCUT2D eigenvalue weighted by molar-refractivity contribution is -0.150. The zero-order chi connectivity index (χ0) is 24.6. The molecule has 0 N–H and O–H groups in total. The Bertz CT molecular complexity index is 496. The van der Waals surface area contributed by atoms with Crippen LogP contribution in [0.2, 0.25) is 0 Å². The van der Waals surface area contributed by atoms with Crippen LogP contribution in [-0.4, -0.2) is 91.2 Å². The summed E-state index contributed by atoms with van der Waals surface area (Å²) in [5.41, 5.74) is 0.370. The fourth-order valence-electron chi connectivity index (χ4n) is 2.56. The van der Waals surface area contributed by atoms with Crippen molar-refractivity contribution >= 4 is 11.9 Å². The number of hydrogen-bond acceptors (Lipinski definition) is 9. The molecule has 0 saturated carbocycles.